The number of carbonyl (C=O) groups excluding carboxylic acids is 1. The number of benzene rings is 2. The number of hydrogen-bond donors (Lipinski definition) is 0. The third kappa shape index (κ3) is 4.09. The maximum atomic E-state index is 11.5. The third-order valence-electron chi connectivity index (χ3n) is 2.16. The number of carbonyl (C=O) groups is 1. The van der Waals surface area contributed by atoms with Crippen molar-refractivity contribution in [3.05, 3.63) is 60.7 Å². The molecule has 2 rings (SSSR count). The molecule has 0 fully saturated rings. The Labute approximate surface area is 120 Å². The Morgan fingerprint density at radius 1 is 0.833 bits per heavy atom. The van der Waals surface area contributed by atoms with Gasteiger partial charge in [-0.25, -0.2) is 0 Å². The van der Waals surface area contributed by atoms with E-state index in [1.54, 1.807) is 0 Å². The molecule has 0 aliphatic carbocycles. The van der Waals surface area contributed by atoms with E-state index in [1.165, 1.54) is 23.5 Å². The molecule has 0 atom stereocenters. The van der Waals surface area contributed by atoms with E-state index in [0.29, 0.717) is 0 Å². The smallest absolute Gasteiger partial charge is 0.245 e. The first kappa shape index (κ1) is 13.5. The highest BCUT2D eigenvalue weighted by molar-refractivity contribution is 8.18. The first-order valence-electron chi connectivity index (χ1n) is 5.38. The maximum absolute atomic E-state index is 11.5. The molecule has 0 saturated heterocycles. The lowest BCUT2D eigenvalue weighted by atomic mass is 10.4. The van der Waals surface area contributed by atoms with Gasteiger partial charge in [0, 0.05) is 9.79 Å². The van der Waals surface area contributed by atoms with Crippen LogP contribution in [0, 0.1) is 0 Å². The summed E-state index contributed by atoms with van der Waals surface area (Å²) in [4.78, 5) is 13.6. The molecule has 0 spiro atoms. The van der Waals surface area contributed by atoms with Crippen molar-refractivity contribution < 1.29 is 4.79 Å². The van der Waals surface area contributed by atoms with E-state index < -0.39 is 0 Å². The number of halogens is 1. The number of rotatable bonds is 5. The normalized spacial score (nSPS) is 10.6. The Bertz CT molecular complexity index is 460. The van der Waals surface area contributed by atoms with Gasteiger partial charge in [-0.2, -0.15) is 0 Å². The summed E-state index contributed by atoms with van der Waals surface area (Å²) in [5.74, 6) is 0. The SMILES string of the molecule is O=C(Cl)C(Sc1ccccc1)Sc1ccccc1. The summed E-state index contributed by atoms with van der Waals surface area (Å²) in [5.41, 5.74) is 0. The van der Waals surface area contributed by atoms with Crippen molar-refractivity contribution in [3.63, 3.8) is 0 Å². The monoisotopic (exact) mass is 294 g/mol. The molecule has 0 unspecified atom stereocenters. The molecule has 18 heavy (non-hydrogen) atoms. The largest absolute Gasteiger partial charge is 0.279 e. The molecule has 0 aliphatic heterocycles. The van der Waals surface area contributed by atoms with E-state index in [4.69, 9.17) is 11.6 Å². The summed E-state index contributed by atoms with van der Waals surface area (Å²) >= 11 is 8.61. The van der Waals surface area contributed by atoms with Gasteiger partial charge < -0.3 is 0 Å². The first-order valence-corrected chi connectivity index (χ1v) is 7.52. The predicted octanol–water partition coefficient (Wildman–Crippen LogP) is 4.66. The minimum atomic E-state index is -0.335. The Morgan fingerprint density at radius 2 is 1.22 bits per heavy atom. The van der Waals surface area contributed by atoms with Gasteiger partial charge in [0.1, 0.15) is 4.58 Å². The molecule has 0 N–H and O–H groups in total. The Hall–Kier alpha value is -0.900. The van der Waals surface area contributed by atoms with Gasteiger partial charge in [-0.1, -0.05) is 36.4 Å². The number of hydrogen-bond acceptors (Lipinski definition) is 3. The van der Waals surface area contributed by atoms with Crippen molar-refractivity contribution in [2.45, 2.75) is 14.4 Å². The fraction of sp³-hybridized carbons (Fsp3) is 0.0714. The van der Waals surface area contributed by atoms with E-state index in [-0.39, 0.29) is 9.82 Å². The summed E-state index contributed by atoms with van der Waals surface area (Å²) in [6.45, 7) is 0. The van der Waals surface area contributed by atoms with E-state index >= 15 is 0 Å². The summed E-state index contributed by atoms with van der Waals surface area (Å²) in [6.07, 6.45) is 0. The van der Waals surface area contributed by atoms with E-state index in [2.05, 4.69) is 0 Å². The average molecular weight is 295 g/mol. The van der Waals surface area contributed by atoms with Crippen molar-refractivity contribution in [2.24, 2.45) is 0 Å². The maximum Gasteiger partial charge on any atom is 0.245 e. The molecular weight excluding hydrogens is 284 g/mol. The second kappa shape index (κ2) is 6.88. The second-order valence-corrected chi connectivity index (χ2v) is 6.53. The van der Waals surface area contributed by atoms with Crippen molar-refractivity contribution in [1.29, 1.82) is 0 Å². The highest BCUT2D eigenvalue weighted by Gasteiger charge is 2.19. The van der Waals surface area contributed by atoms with Gasteiger partial charge in [-0.05, 0) is 35.9 Å². The first-order chi connectivity index (χ1) is 8.75. The highest BCUT2D eigenvalue weighted by Crippen LogP contribution is 2.36. The molecule has 2 aromatic rings. The van der Waals surface area contributed by atoms with Crippen LogP contribution in [0.5, 0.6) is 0 Å². The second-order valence-electron chi connectivity index (χ2n) is 3.50. The van der Waals surface area contributed by atoms with Crippen LogP contribution in [-0.4, -0.2) is 9.82 Å². The van der Waals surface area contributed by atoms with E-state index in [9.17, 15) is 4.79 Å². The van der Waals surface area contributed by atoms with Crippen LogP contribution in [0.4, 0.5) is 0 Å². The van der Waals surface area contributed by atoms with E-state index in [1.807, 2.05) is 60.7 Å². The van der Waals surface area contributed by atoms with Gasteiger partial charge in [0.05, 0.1) is 0 Å². The van der Waals surface area contributed by atoms with Crippen molar-refractivity contribution in [3.8, 4) is 0 Å². The lowest BCUT2D eigenvalue weighted by Crippen LogP contribution is -2.05. The van der Waals surface area contributed by atoms with Gasteiger partial charge in [-0.3, -0.25) is 4.79 Å². The average Bonchev–Trinajstić information content (AvgIpc) is 2.40. The Kier molecular flexibility index (Phi) is 5.17. The van der Waals surface area contributed by atoms with Crippen LogP contribution in [0.2, 0.25) is 0 Å². The fourth-order valence-corrected chi connectivity index (χ4v) is 3.80. The summed E-state index contributed by atoms with van der Waals surface area (Å²) in [5, 5.41) is -0.335. The molecule has 0 radical (unpaired) electrons. The fourth-order valence-electron chi connectivity index (χ4n) is 1.36. The molecule has 2 aromatic carbocycles. The van der Waals surface area contributed by atoms with Crippen molar-refractivity contribution in [1.82, 2.24) is 0 Å². The lowest BCUT2D eigenvalue weighted by Gasteiger charge is -2.11. The summed E-state index contributed by atoms with van der Waals surface area (Å²) in [7, 11) is 0. The summed E-state index contributed by atoms with van der Waals surface area (Å²) in [6, 6.07) is 19.6. The quantitative estimate of drug-likeness (QED) is 0.453. The van der Waals surface area contributed by atoms with Gasteiger partial charge in [-0.15, -0.1) is 23.5 Å². The minimum absolute atomic E-state index is 0.323. The molecule has 0 bridgehead atoms. The van der Waals surface area contributed by atoms with Crippen LogP contribution in [-0.2, 0) is 4.79 Å². The molecule has 1 nitrogen and oxygen atoms in total. The predicted molar refractivity (Wildman–Crippen MR) is 79.2 cm³/mol. The minimum Gasteiger partial charge on any atom is -0.279 e. The van der Waals surface area contributed by atoms with Crippen LogP contribution in [0.15, 0.2) is 70.5 Å². The molecule has 0 aromatic heterocycles. The van der Waals surface area contributed by atoms with E-state index in [0.717, 1.165) is 9.79 Å². The van der Waals surface area contributed by atoms with Crippen molar-refractivity contribution >= 4 is 40.4 Å². The van der Waals surface area contributed by atoms with Crippen LogP contribution in [0.1, 0.15) is 0 Å². The number of thioether (sulfide) groups is 2. The molecule has 4 heteroatoms. The molecule has 0 aliphatic rings. The molecule has 92 valence electrons. The van der Waals surface area contributed by atoms with Crippen LogP contribution in [0.3, 0.4) is 0 Å². The van der Waals surface area contributed by atoms with Crippen LogP contribution < -0.4 is 0 Å². The van der Waals surface area contributed by atoms with Crippen molar-refractivity contribution in [2.75, 3.05) is 0 Å². The van der Waals surface area contributed by atoms with Crippen LogP contribution >= 0.6 is 35.1 Å². The molecule has 0 saturated carbocycles. The Morgan fingerprint density at radius 3 is 1.56 bits per heavy atom. The molecular formula is C14H11ClOS2. The Balaban J connectivity index is 2.08. The summed E-state index contributed by atoms with van der Waals surface area (Å²) < 4.78 is -0.323. The zero-order valence-corrected chi connectivity index (χ0v) is 11.8. The van der Waals surface area contributed by atoms with Gasteiger partial charge in [0.15, 0.2) is 0 Å². The lowest BCUT2D eigenvalue weighted by molar-refractivity contribution is -0.110. The topological polar surface area (TPSA) is 17.1 Å². The zero-order chi connectivity index (χ0) is 12.8. The van der Waals surface area contributed by atoms with Gasteiger partial charge in [0.25, 0.3) is 0 Å². The third-order valence-corrected chi connectivity index (χ3v) is 5.16. The zero-order valence-electron chi connectivity index (χ0n) is 9.45. The standard InChI is InChI=1S/C14H11ClOS2/c15-13(16)14(17-11-7-3-1-4-8-11)18-12-9-5-2-6-10-12/h1-10,14H. The molecule has 0 amide bonds. The highest BCUT2D eigenvalue weighted by atomic mass is 35.5. The van der Waals surface area contributed by atoms with Gasteiger partial charge >= 0.3 is 0 Å². The van der Waals surface area contributed by atoms with Gasteiger partial charge in [0.2, 0.25) is 5.24 Å². The molecule has 0 heterocycles. The van der Waals surface area contributed by atoms with Crippen LogP contribution in [0.25, 0.3) is 0 Å².